The van der Waals surface area contributed by atoms with Gasteiger partial charge in [-0.15, -0.1) is 0 Å². The van der Waals surface area contributed by atoms with Gasteiger partial charge in [0, 0.05) is 20.1 Å². The molecular formula is C16H25NO3. The van der Waals surface area contributed by atoms with Gasteiger partial charge in [0.25, 0.3) is 0 Å². The minimum atomic E-state index is 0.0441. The maximum absolute atomic E-state index is 11.6. The summed E-state index contributed by atoms with van der Waals surface area (Å²) >= 11 is 0. The number of ether oxygens (including phenoxy) is 2. The van der Waals surface area contributed by atoms with Gasteiger partial charge in [-0.2, -0.15) is 0 Å². The molecule has 1 aromatic rings. The fourth-order valence-corrected chi connectivity index (χ4v) is 1.87. The largest absolute Gasteiger partial charge is 0.382 e. The molecule has 112 valence electrons. The molecule has 0 aliphatic rings. The van der Waals surface area contributed by atoms with Gasteiger partial charge in [-0.3, -0.25) is 4.79 Å². The van der Waals surface area contributed by atoms with Gasteiger partial charge in [-0.1, -0.05) is 37.3 Å². The Balaban J connectivity index is 2.07. The number of hydrogen-bond donors (Lipinski definition) is 1. The number of methoxy groups -OCH3 is 1. The predicted molar refractivity (Wildman–Crippen MR) is 79.8 cm³/mol. The highest BCUT2D eigenvalue weighted by molar-refractivity contribution is 5.75. The van der Waals surface area contributed by atoms with Crippen molar-refractivity contribution in [2.24, 2.45) is 0 Å². The highest BCUT2D eigenvalue weighted by atomic mass is 16.5. The van der Waals surface area contributed by atoms with Crippen LogP contribution in [0.4, 0.5) is 0 Å². The third kappa shape index (κ3) is 7.26. The summed E-state index contributed by atoms with van der Waals surface area (Å²) in [7, 11) is 1.63. The lowest BCUT2D eigenvalue weighted by molar-refractivity contribution is -0.122. The summed E-state index contributed by atoms with van der Waals surface area (Å²) < 4.78 is 10.1. The molecule has 0 aromatic heterocycles. The molecule has 4 heteroatoms. The number of amides is 1. The van der Waals surface area contributed by atoms with Crippen molar-refractivity contribution in [3.8, 4) is 0 Å². The van der Waals surface area contributed by atoms with E-state index in [0.29, 0.717) is 38.7 Å². The monoisotopic (exact) mass is 279 g/mol. The molecule has 0 radical (unpaired) electrons. The summed E-state index contributed by atoms with van der Waals surface area (Å²) in [6.07, 6.45) is 1.35. The van der Waals surface area contributed by atoms with Crippen molar-refractivity contribution in [3.05, 3.63) is 35.9 Å². The van der Waals surface area contributed by atoms with Crippen molar-refractivity contribution in [1.29, 1.82) is 0 Å². The average Bonchev–Trinajstić information content (AvgIpc) is 2.48. The summed E-state index contributed by atoms with van der Waals surface area (Å²) in [5.74, 6) is 0.497. The lowest BCUT2D eigenvalue weighted by Gasteiger charge is -2.12. The minimum Gasteiger partial charge on any atom is -0.382 e. The zero-order valence-electron chi connectivity index (χ0n) is 12.4. The molecule has 0 spiro atoms. The van der Waals surface area contributed by atoms with Gasteiger partial charge in [0.15, 0.2) is 0 Å². The van der Waals surface area contributed by atoms with E-state index in [-0.39, 0.29) is 5.91 Å². The quantitative estimate of drug-likeness (QED) is 0.669. The second-order valence-electron chi connectivity index (χ2n) is 4.81. The first-order valence-corrected chi connectivity index (χ1v) is 7.12. The molecule has 0 fully saturated rings. The van der Waals surface area contributed by atoms with Crippen LogP contribution in [-0.2, 0) is 14.3 Å². The van der Waals surface area contributed by atoms with Crippen molar-refractivity contribution in [2.75, 3.05) is 33.5 Å². The SMILES string of the molecule is COCCOCCC(=O)NCCC(C)c1ccccc1. The Morgan fingerprint density at radius 1 is 1.20 bits per heavy atom. The van der Waals surface area contributed by atoms with Crippen LogP contribution in [0.2, 0.25) is 0 Å². The zero-order chi connectivity index (χ0) is 14.6. The van der Waals surface area contributed by atoms with E-state index in [1.165, 1.54) is 5.56 Å². The Morgan fingerprint density at radius 2 is 1.95 bits per heavy atom. The lowest BCUT2D eigenvalue weighted by Crippen LogP contribution is -2.26. The number of nitrogens with one attached hydrogen (secondary N) is 1. The first-order chi connectivity index (χ1) is 9.74. The van der Waals surface area contributed by atoms with Crippen LogP contribution < -0.4 is 5.32 Å². The number of hydrogen-bond acceptors (Lipinski definition) is 3. The van der Waals surface area contributed by atoms with Crippen molar-refractivity contribution in [2.45, 2.75) is 25.7 Å². The molecule has 4 nitrogen and oxygen atoms in total. The molecule has 0 aliphatic carbocycles. The molecule has 0 heterocycles. The molecule has 1 N–H and O–H groups in total. The molecule has 1 atom stereocenters. The van der Waals surface area contributed by atoms with E-state index < -0.39 is 0 Å². The highest BCUT2D eigenvalue weighted by Gasteiger charge is 2.06. The molecule has 1 unspecified atom stereocenters. The molecule has 0 saturated heterocycles. The van der Waals surface area contributed by atoms with E-state index in [1.54, 1.807) is 7.11 Å². The van der Waals surface area contributed by atoms with Gasteiger partial charge in [0.2, 0.25) is 5.91 Å². The topological polar surface area (TPSA) is 47.6 Å². The third-order valence-electron chi connectivity index (χ3n) is 3.17. The molecule has 0 bridgehead atoms. The number of rotatable bonds is 10. The summed E-state index contributed by atoms with van der Waals surface area (Å²) in [5, 5.41) is 2.92. The Hall–Kier alpha value is -1.39. The zero-order valence-corrected chi connectivity index (χ0v) is 12.4. The van der Waals surface area contributed by atoms with Crippen molar-refractivity contribution in [3.63, 3.8) is 0 Å². The van der Waals surface area contributed by atoms with Gasteiger partial charge >= 0.3 is 0 Å². The molecule has 0 saturated carbocycles. The first-order valence-electron chi connectivity index (χ1n) is 7.12. The summed E-state index contributed by atoms with van der Waals surface area (Å²) in [6.45, 7) is 4.43. The number of benzene rings is 1. The summed E-state index contributed by atoms with van der Waals surface area (Å²) in [6, 6.07) is 10.3. The Bertz CT molecular complexity index is 367. The Kier molecular flexibility index (Phi) is 8.67. The lowest BCUT2D eigenvalue weighted by atomic mass is 9.98. The highest BCUT2D eigenvalue weighted by Crippen LogP contribution is 2.17. The number of carbonyl (C=O) groups is 1. The smallest absolute Gasteiger partial charge is 0.222 e. The van der Waals surface area contributed by atoms with Crippen LogP contribution in [0.3, 0.4) is 0 Å². The van der Waals surface area contributed by atoms with Crippen LogP contribution in [0, 0.1) is 0 Å². The van der Waals surface area contributed by atoms with Gasteiger partial charge in [-0.05, 0) is 17.9 Å². The molecule has 1 rings (SSSR count). The Morgan fingerprint density at radius 3 is 2.65 bits per heavy atom. The van der Waals surface area contributed by atoms with Crippen LogP contribution in [0.1, 0.15) is 31.2 Å². The third-order valence-corrected chi connectivity index (χ3v) is 3.17. The van der Waals surface area contributed by atoms with E-state index in [2.05, 4.69) is 24.4 Å². The second kappa shape index (κ2) is 10.4. The fourth-order valence-electron chi connectivity index (χ4n) is 1.87. The van der Waals surface area contributed by atoms with E-state index in [0.717, 1.165) is 6.42 Å². The van der Waals surface area contributed by atoms with Crippen molar-refractivity contribution < 1.29 is 14.3 Å². The predicted octanol–water partition coefficient (Wildman–Crippen LogP) is 2.35. The Labute approximate surface area is 121 Å². The summed E-state index contributed by atoms with van der Waals surface area (Å²) in [5.41, 5.74) is 1.31. The van der Waals surface area contributed by atoms with Crippen LogP contribution >= 0.6 is 0 Å². The van der Waals surface area contributed by atoms with Crippen LogP contribution in [0.5, 0.6) is 0 Å². The van der Waals surface area contributed by atoms with Gasteiger partial charge in [-0.25, -0.2) is 0 Å². The van der Waals surface area contributed by atoms with Crippen LogP contribution in [-0.4, -0.2) is 39.4 Å². The molecular weight excluding hydrogens is 254 g/mol. The fraction of sp³-hybridized carbons (Fsp3) is 0.562. The van der Waals surface area contributed by atoms with Crippen LogP contribution in [0.15, 0.2) is 30.3 Å². The van der Waals surface area contributed by atoms with Crippen molar-refractivity contribution >= 4 is 5.91 Å². The molecule has 1 aromatic carbocycles. The molecule has 0 aliphatic heterocycles. The van der Waals surface area contributed by atoms with E-state index in [9.17, 15) is 4.79 Å². The molecule has 1 amide bonds. The van der Waals surface area contributed by atoms with E-state index >= 15 is 0 Å². The van der Waals surface area contributed by atoms with Crippen molar-refractivity contribution in [1.82, 2.24) is 5.32 Å². The molecule has 20 heavy (non-hydrogen) atoms. The summed E-state index contributed by atoms with van der Waals surface area (Å²) in [4.78, 5) is 11.6. The van der Waals surface area contributed by atoms with Gasteiger partial charge < -0.3 is 14.8 Å². The minimum absolute atomic E-state index is 0.0441. The van der Waals surface area contributed by atoms with Gasteiger partial charge in [0.1, 0.15) is 0 Å². The first kappa shape index (κ1) is 16.7. The van der Waals surface area contributed by atoms with Crippen LogP contribution in [0.25, 0.3) is 0 Å². The standard InChI is InChI=1S/C16H25NO3/c1-14(15-6-4-3-5-7-15)8-10-17-16(18)9-11-20-13-12-19-2/h3-7,14H,8-13H2,1-2H3,(H,17,18). The van der Waals surface area contributed by atoms with Gasteiger partial charge in [0.05, 0.1) is 19.8 Å². The normalized spacial score (nSPS) is 12.1. The van der Waals surface area contributed by atoms with E-state index in [4.69, 9.17) is 9.47 Å². The average molecular weight is 279 g/mol. The van der Waals surface area contributed by atoms with E-state index in [1.807, 2.05) is 18.2 Å². The number of carbonyl (C=O) groups excluding carboxylic acids is 1. The maximum atomic E-state index is 11.6. The second-order valence-corrected chi connectivity index (χ2v) is 4.81. The maximum Gasteiger partial charge on any atom is 0.222 e.